The topological polar surface area (TPSA) is 47.1 Å². The zero-order valence-corrected chi connectivity index (χ0v) is 18.4. The van der Waals surface area contributed by atoms with Gasteiger partial charge in [-0.1, -0.05) is 36.4 Å². The number of nitrogens with zero attached hydrogens (tertiary/aromatic N) is 4. The lowest BCUT2D eigenvalue weighted by atomic mass is 10.1. The number of carbonyl (C=O) groups is 2. The minimum absolute atomic E-state index is 0.00785. The van der Waals surface area contributed by atoms with Crippen LogP contribution < -0.4 is 0 Å². The molecule has 0 aromatic heterocycles. The van der Waals surface area contributed by atoms with Crippen molar-refractivity contribution in [2.45, 2.75) is 38.0 Å². The minimum Gasteiger partial charge on any atom is -0.317 e. The third-order valence-electron chi connectivity index (χ3n) is 7.61. The quantitative estimate of drug-likeness (QED) is 0.729. The fraction of sp³-hybridized carbons (Fsp3) is 0.462. The van der Waals surface area contributed by atoms with Crippen molar-refractivity contribution in [1.82, 2.24) is 19.6 Å². The molecule has 4 heterocycles. The van der Waals surface area contributed by atoms with Gasteiger partial charge in [0.25, 0.3) is 11.8 Å². The van der Waals surface area contributed by atoms with Crippen molar-refractivity contribution in [2.24, 2.45) is 0 Å². The van der Waals surface area contributed by atoms with E-state index in [1.165, 1.54) is 25.7 Å². The Morgan fingerprint density at radius 2 is 0.969 bits per heavy atom. The lowest BCUT2D eigenvalue weighted by Gasteiger charge is -2.36. The van der Waals surface area contributed by atoms with Gasteiger partial charge in [0, 0.05) is 61.5 Å². The predicted octanol–water partition coefficient (Wildman–Crippen LogP) is 3.49. The van der Waals surface area contributed by atoms with Gasteiger partial charge in [-0.15, -0.1) is 0 Å². The highest BCUT2D eigenvalue weighted by atomic mass is 16.2. The number of likely N-dealkylation sites (tertiary alicyclic amines) is 2. The molecule has 0 bridgehead atoms. The van der Waals surface area contributed by atoms with E-state index in [-0.39, 0.29) is 24.1 Å². The average Bonchev–Trinajstić information content (AvgIpc) is 3.61. The molecular formula is C26H30N4O2. The maximum atomic E-state index is 13.4. The summed E-state index contributed by atoms with van der Waals surface area (Å²) < 4.78 is 0. The van der Waals surface area contributed by atoms with Crippen molar-refractivity contribution in [3.63, 3.8) is 0 Å². The molecule has 2 amide bonds. The molecule has 2 aromatic carbocycles. The van der Waals surface area contributed by atoms with E-state index >= 15 is 0 Å². The molecule has 2 aromatic rings. The molecule has 6 heteroatoms. The molecule has 2 fully saturated rings. The van der Waals surface area contributed by atoms with Crippen LogP contribution in [0.3, 0.4) is 0 Å². The van der Waals surface area contributed by atoms with Gasteiger partial charge >= 0.3 is 0 Å². The van der Waals surface area contributed by atoms with Crippen molar-refractivity contribution >= 4 is 11.8 Å². The van der Waals surface area contributed by atoms with Gasteiger partial charge in [0.15, 0.2) is 0 Å². The first-order valence-corrected chi connectivity index (χ1v) is 12.0. The van der Waals surface area contributed by atoms with Crippen LogP contribution in [0.2, 0.25) is 0 Å². The van der Waals surface area contributed by atoms with Crippen LogP contribution in [0.15, 0.2) is 48.5 Å². The van der Waals surface area contributed by atoms with Crippen LogP contribution in [-0.4, -0.2) is 70.7 Å². The lowest BCUT2D eigenvalue weighted by Crippen LogP contribution is -2.45. The van der Waals surface area contributed by atoms with Crippen LogP contribution in [0.4, 0.5) is 0 Å². The van der Waals surface area contributed by atoms with E-state index in [0.29, 0.717) is 13.1 Å². The van der Waals surface area contributed by atoms with Crippen molar-refractivity contribution in [3.05, 3.63) is 70.8 Å². The highest BCUT2D eigenvalue weighted by molar-refractivity contribution is 6.00. The van der Waals surface area contributed by atoms with E-state index < -0.39 is 0 Å². The van der Waals surface area contributed by atoms with Gasteiger partial charge in [-0.3, -0.25) is 19.4 Å². The van der Waals surface area contributed by atoms with Gasteiger partial charge in [-0.2, -0.15) is 0 Å². The van der Waals surface area contributed by atoms with Gasteiger partial charge in [-0.05, 0) is 37.8 Å². The monoisotopic (exact) mass is 430 g/mol. The highest BCUT2D eigenvalue weighted by Gasteiger charge is 2.44. The second kappa shape index (κ2) is 8.01. The molecule has 0 saturated carbocycles. The number of amides is 2. The van der Waals surface area contributed by atoms with E-state index in [2.05, 4.69) is 21.9 Å². The molecule has 0 radical (unpaired) electrons. The maximum absolute atomic E-state index is 13.4. The molecule has 2 unspecified atom stereocenters. The minimum atomic E-state index is -0.00785. The smallest absolute Gasteiger partial charge is 0.255 e. The van der Waals surface area contributed by atoms with Crippen LogP contribution >= 0.6 is 0 Å². The number of carbonyl (C=O) groups excluding carboxylic acids is 2. The van der Waals surface area contributed by atoms with Gasteiger partial charge in [-0.25, -0.2) is 0 Å². The Hall–Kier alpha value is -2.70. The Morgan fingerprint density at radius 1 is 0.594 bits per heavy atom. The summed E-state index contributed by atoms with van der Waals surface area (Å²) in [5, 5.41) is 0. The second-order valence-corrected chi connectivity index (χ2v) is 9.41. The normalized spacial score (nSPS) is 25.8. The predicted molar refractivity (Wildman–Crippen MR) is 122 cm³/mol. The maximum Gasteiger partial charge on any atom is 0.255 e. The molecule has 2 saturated heterocycles. The Kier molecular flexibility index (Phi) is 5.00. The SMILES string of the molecule is O=C1c2ccccc2C(N2CCCC2)N1CCN1C(=O)c2ccccc2C1N1CCCC1. The summed E-state index contributed by atoms with van der Waals surface area (Å²) in [5.41, 5.74) is 3.87. The first-order valence-electron chi connectivity index (χ1n) is 12.0. The van der Waals surface area contributed by atoms with E-state index in [9.17, 15) is 9.59 Å². The third kappa shape index (κ3) is 3.08. The first kappa shape index (κ1) is 19.9. The van der Waals surface area contributed by atoms with Crippen LogP contribution in [0.25, 0.3) is 0 Å². The molecule has 32 heavy (non-hydrogen) atoms. The van der Waals surface area contributed by atoms with E-state index in [0.717, 1.165) is 48.4 Å². The highest BCUT2D eigenvalue weighted by Crippen LogP contribution is 2.40. The molecule has 0 spiro atoms. The molecule has 0 aliphatic carbocycles. The van der Waals surface area contributed by atoms with Gasteiger partial charge < -0.3 is 9.80 Å². The summed E-state index contributed by atoms with van der Waals surface area (Å²) in [6.45, 7) is 5.19. The number of rotatable bonds is 5. The Morgan fingerprint density at radius 3 is 1.38 bits per heavy atom. The molecule has 0 N–H and O–H groups in total. The number of benzene rings is 2. The summed E-state index contributed by atoms with van der Waals surface area (Å²) in [5.74, 6) is 0.193. The zero-order valence-electron chi connectivity index (χ0n) is 18.4. The van der Waals surface area contributed by atoms with E-state index in [1.807, 2.05) is 46.2 Å². The largest absolute Gasteiger partial charge is 0.317 e. The van der Waals surface area contributed by atoms with Crippen molar-refractivity contribution in [3.8, 4) is 0 Å². The third-order valence-corrected chi connectivity index (χ3v) is 7.61. The average molecular weight is 431 g/mol. The molecule has 4 aliphatic rings. The van der Waals surface area contributed by atoms with Gasteiger partial charge in [0.2, 0.25) is 0 Å². The Labute approximate surface area is 189 Å². The zero-order chi connectivity index (χ0) is 21.7. The molecule has 6 rings (SSSR count). The van der Waals surface area contributed by atoms with Crippen LogP contribution in [-0.2, 0) is 0 Å². The summed E-state index contributed by atoms with van der Waals surface area (Å²) in [6.07, 6.45) is 4.70. The van der Waals surface area contributed by atoms with Crippen LogP contribution in [0.1, 0.15) is 69.9 Å². The first-order chi connectivity index (χ1) is 15.7. The number of fused-ring (bicyclic) bond motifs is 2. The summed E-state index contributed by atoms with van der Waals surface area (Å²) in [6, 6.07) is 16.1. The van der Waals surface area contributed by atoms with Crippen molar-refractivity contribution < 1.29 is 9.59 Å². The molecular weight excluding hydrogens is 400 g/mol. The molecule has 2 atom stereocenters. The summed E-state index contributed by atoms with van der Waals surface area (Å²) in [4.78, 5) is 35.7. The number of hydrogen-bond acceptors (Lipinski definition) is 4. The fourth-order valence-electron chi connectivity index (χ4n) is 6.12. The Bertz CT molecular complexity index is 958. The second-order valence-electron chi connectivity index (χ2n) is 9.41. The van der Waals surface area contributed by atoms with E-state index in [1.54, 1.807) is 0 Å². The van der Waals surface area contributed by atoms with Gasteiger partial charge in [0.1, 0.15) is 12.3 Å². The molecule has 6 nitrogen and oxygen atoms in total. The van der Waals surface area contributed by atoms with Crippen molar-refractivity contribution in [1.29, 1.82) is 0 Å². The fourth-order valence-corrected chi connectivity index (χ4v) is 6.12. The standard InChI is InChI=1S/C26H30N4O2/c31-25-21-11-3-1-9-19(21)23(27-13-5-6-14-27)29(25)17-18-30-24(28-15-7-8-16-28)20-10-2-4-12-22(20)26(30)32/h1-4,9-12,23-24H,5-8,13-18H2. The van der Waals surface area contributed by atoms with E-state index in [4.69, 9.17) is 0 Å². The van der Waals surface area contributed by atoms with Crippen molar-refractivity contribution in [2.75, 3.05) is 39.3 Å². The Balaban J connectivity index is 1.28. The molecule has 166 valence electrons. The summed E-state index contributed by atoms with van der Waals surface area (Å²) >= 11 is 0. The molecule has 4 aliphatic heterocycles. The lowest BCUT2D eigenvalue weighted by molar-refractivity contribution is 0.0264. The summed E-state index contributed by atoms with van der Waals surface area (Å²) in [7, 11) is 0. The van der Waals surface area contributed by atoms with Crippen LogP contribution in [0.5, 0.6) is 0 Å². The van der Waals surface area contributed by atoms with Gasteiger partial charge in [0.05, 0.1) is 0 Å². The van der Waals surface area contributed by atoms with Crippen LogP contribution in [0, 0.1) is 0 Å². The number of hydrogen-bond donors (Lipinski definition) is 0.